The summed E-state index contributed by atoms with van der Waals surface area (Å²) in [4.78, 5) is 24.8. The molecule has 1 saturated carbocycles. The molecule has 1 aliphatic rings. The molecule has 4 heteroatoms. The van der Waals surface area contributed by atoms with Crippen molar-refractivity contribution in [2.45, 2.75) is 59.8 Å². The molecule has 0 aromatic carbocycles. The lowest BCUT2D eigenvalue weighted by Crippen LogP contribution is -2.48. The number of rotatable bonds is 6. The largest absolute Gasteiger partial charge is 0.465 e. The first-order valence-electron chi connectivity index (χ1n) is 7.86. The van der Waals surface area contributed by atoms with Gasteiger partial charge in [-0.3, -0.25) is 9.59 Å². The van der Waals surface area contributed by atoms with Crippen molar-refractivity contribution in [3.63, 3.8) is 0 Å². The van der Waals surface area contributed by atoms with Crippen molar-refractivity contribution in [2.24, 2.45) is 17.3 Å². The highest BCUT2D eigenvalue weighted by molar-refractivity contribution is 6.00. The zero-order chi connectivity index (χ0) is 15.2. The van der Waals surface area contributed by atoms with E-state index < -0.39 is 17.4 Å². The van der Waals surface area contributed by atoms with Gasteiger partial charge in [-0.05, 0) is 39.0 Å². The SMILES string of the molecule is CCOC(=O)C(C)(C(=O)OCC)C1CCCCC1CC. The van der Waals surface area contributed by atoms with Crippen molar-refractivity contribution >= 4 is 11.9 Å². The van der Waals surface area contributed by atoms with Gasteiger partial charge in [0.2, 0.25) is 0 Å². The molecule has 1 aliphatic carbocycles. The van der Waals surface area contributed by atoms with E-state index in [1.807, 2.05) is 0 Å². The Morgan fingerprint density at radius 1 is 1.00 bits per heavy atom. The van der Waals surface area contributed by atoms with Crippen LogP contribution in [-0.4, -0.2) is 25.2 Å². The number of carbonyl (C=O) groups is 2. The maximum atomic E-state index is 12.4. The van der Waals surface area contributed by atoms with Gasteiger partial charge in [-0.15, -0.1) is 0 Å². The van der Waals surface area contributed by atoms with Crippen LogP contribution in [0.25, 0.3) is 0 Å². The molecule has 1 rings (SSSR count). The van der Waals surface area contributed by atoms with Crippen LogP contribution in [0.3, 0.4) is 0 Å². The summed E-state index contributed by atoms with van der Waals surface area (Å²) >= 11 is 0. The number of hydrogen-bond donors (Lipinski definition) is 0. The third-order valence-corrected chi connectivity index (χ3v) is 4.57. The molecule has 2 unspecified atom stereocenters. The first-order chi connectivity index (χ1) is 9.52. The number of carbonyl (C=O) groups excluding carboxylic acids is 2. The van der Waals surface area contributed by atoms with Gasteiger partial charge in [0.25, 0.3) is 0 Å². The van der Waals surface area contributed by atoms with Gasteiger partial charge >= 0.3 is 11.9 Å². The highest BCUT2D eigenvalue weighted by Gasteiger charge is 2.53. The van der Waals surface area contributed by atoms with Crippen molar-refractivity contribution in [3.05, 3.63) is 0 Å². The molecule has 0 aromatic rings. The van der Waals surface area contributed by atoms with Crippen molar-refractivity contribution in [2.75, 3.05) is 13.2 Å². The maximum absolute atomic E-state index is 12.4. The van der Waals surface area contributed by atoms with Crippen LogP contribution < -0.4 is 0 Å². The predicted molar refractivity (Wildman–Crippen MR) is 77.1 cm³/mol. The summed E-state index contributed by atoms with van der Waals surface area (Å²) in [6.45, 7) is 7.94. The second-order valence-corrected chi connectivity index (χ2v) is 5.70. The molecular formula is C16H28O4. The van der Waals surface area contributed by atoms with E-state index in [1.54, 1.807) is 20.8 Å². The quantitative estimate of drug-likeness (QED) is 0.554. The zero-order valence-electron chi connectivity index (χ0n) is 13.2. The van der Waals surface area contributed by atoms with Crippen LogP contribution in [0.4, 0.5) is 0 Å². The monoisotopic (exact) mass is 284 g/mol. The molecule has 0 amide bonds. The van der Waals surface area contributed by atoms with Crippen LogP contribution in [-0.2, 0) is 19.1 Å². The van der Waals surface area contributed by atoms with Gasteiger partial charge in [0.15, 0.2) is 5.41 Å². The molecule has 2 atom stereocenters. The van der Waals surface area contributed by atoms with Gasteiger partial charge in [0, 0.05) is 0 Å². The molecule has 0 bridgehead atoms. The molecule has 0 saturated heterocycles. The first-order valence-corrected chi connectivity index (χ1v) is 7.86. The highest BCUT2D eigenvalue weighted by Crippen LogP contribution is 2.45. The van der Waals surface area contributed by atoms with Crippen LogP contribution in [0.2, 0.25) is 0 Å². The summed E-state index contributed by atoms with van der Waals surface area (Å²) in [7, 11) is 0. The molecule has 0 radical (unpaired) electrons. The van der Waals surface area contributed by atoms with E-state index in [-0.39, 0.29) is 19.1 Å². The fourth-order valence-electron chi connectivity index (χ4n) is 3.40. The van der Waals surface area contributed by atoms with Crippen LogP contribution in [0.1, 0.15) is 59.8 Å². The third kappa shape index (κ3) is 3.33. The Morgan fingerprint density at radius 2 is 1.50 bits per heavy atom. The summed E-state index contributed by atoms with van der Waals surface area (Å²) in [6, 6.07) is 0. The van der Waals surface area contributed by atoms with Crippen molar-refractivity contribution in [1.82, 2.24) is 0 Å². The lowest BCUT2D eigenvalue weighted by Gasteiger charge is -2.40. The molecule has 0 spiro atoms. The van der Waals surface area contributed by atoms with Crippen molar-refractivity contribution in [1.29, 1.82) is 0 Å². The van der Waals surface area contributed by atoms with E-state index in [4.69, 9.17) is 9.47 Å². The van der Waals surface area contributed by atoms with E-state index >= 15 is 0 Å². The third-order valence-electron chi connectivity index (χ3n) is 4.57. The average molecular weight is 284 g/mol. The molecular weight excluding hydrogens is 256 g/mol. The molecule has 0 aliphatic heterocycles. The second-order valence-electron chi connectivity index (χ2n) is 5.70. The molecule has 0 N–H and O–H groups in total. The highest BCUT2D eigenvalue weighted by atomic mass is 16.6. The van der Waals surface area contributed by atoms with Gasteiger partial charge < -0.3 is 9.47 Å². The standard InChI is InChI=1S/C16H28O4/c1-5-12-10-8-9-11-13(12)16(4,14(17)19-6-2)15(18)20-7-3/h12-13H,5-11H2,1-4H3. The van der Waals surface area contributed by atoms with Crippen LogP contribution >= 0.6 is 0 Å². The predicted octanol–water partition coefficient (Wildman–Crippen LogP) is 3.34. The van der Waals surface area contributed by atoms with E-state index in [1.165, 1.54) is 6.42 Å². The second kappa shape index (κ2) is 7.65. The Kier molecular flexibility index (Phi) is 6.50. The summed E-state index contributed by atoms with van der Waals surface area (Å²) in [5.74, 6) is -0.436. The van der Waals surface area contributed by atoms with E-state index in [0.717, 1.165) is 25.7 Å². The van der Waals surface area contributed by atoms with E-state index in [0.29, 0.717) is 5.92 Å². The smallest absolute Gasteiger partial charge is 0.323 e. The Balaban J connectivity index is 3.07. The van der Waals surface area contributed by atoms with Crippen molar-refractivity contribution < 1.29 is 19.1 Å². The Hall–Kier alpha value is -1.06. The summed E-state index contributed by atoms with van der Waals surface area (Å²) < 4.78 is 10.4. The Bertz CT molecular complexity index is 319. The van der Waals surface area contributed by atoms with Crippen LogP contribution in [0.15, 0.2) is 0 Å². The molecule has 116 valence electrons. The van der Waals surface area contributed by atoms with Gasteiger partial charge in [-0.2, -0.15) is 0 Å². The molecule has 4 nitrogen and oxygen atoms in total. The van der Waals surface area contributed by atoms with Crippen LogP contribution in [0, 0.1) is 17.3 Å². The first kappa shape index (κ1) is 17.0. The lowest BCUT2D eigenvalue weighted by atomic mass is 9.63. The Morgan fingerprint density at radius 3 is 1.95 bits per heavy atom. The molecule has 0 aromatic heterocycles. The molecule has 0 heterocycles. The van der Waals surface area contributed by atoms with Gasteiger partial charge in [0.1, 0.15) is 0 Å². The average Bonchev–Trinajstić information content (AvgIpc) is 2.46. The zero-order valence-corrected chi connectivity index (χ0v) is 13.2. The minimum Gasteiger partial charge on any atom is -0.465 e. The molecule has 1 fully saturated rings. The number of hydrogen-bond acceptors (Lipinski definition) is 4. The maximum Gasteiger partial charge on any atom is 0.323 e. The number of ether oxygens (including phenoxy) is 2. The van der Waals surface area contributed by atoms with Gasteiger partial charge in [-0.25, -0.2) is 0 Å². The number of esters is 2. The van der Waals surface area contributed by atoms with Crippen molar-refractivity contribution in [3.8, 4) is 0 Å². The minimum atomic E-state index is -1.16. The van der Waals surface area contributed by atoms with Gasteiger partial charge in [-0.1, -0.05) is 32.6 Å². The van der Waals surface area contributed by atoms with Crippen LogP contribution in [0.5, 0.6) is 0 Å². The fourth-order valence-corrected chi connectivity index (χ4v) is 3.40. The summed E-state index contributed by atoms with van der Waals surface area (Å²) in [5, 5.41) is 0. The summed E-state index contributed by atoms with van der Waals surface area (Å²) in [6.07, 6.45) is 5.20. The normalized spacial score (nSPS) is 23.2. The molecule has 20 heavy (non-hydrogen) atoms. The van der Waals surface area contributed by atoms with E-state index in [2.05, 4.69) is 6.92 Å². The topological polar surface area (TPSA) is 52.6 Å². The van der Waals surface area contributed by atoms with E-state index in [9.17, 15) is 9.59 Å². The summed E-state index contributed by atoms with van der Waals surface area (Å²) in [5.41, 5.74) is -1.16. The minimum absolute atomic E-state index is 0.0272. The Labute approximate surface area is 122 Å². The lowest BCUT2D eigenvalue weighted by molar-refractivity contribution is -0.178. The van der Waals surface area contributed by atoms with Gasteiger partial charge in [0.05, 0.1) is 13.2 Å². The fraction of sp³-hybridized carbons (Fsp3) is 0.875.